The molecule has 0 saturated carbocycles. The fraction of sp³-hybridized carbons (Fsp3) is 0.429. The van der Waals surface area contributed by atoms with E-state index in [1.807, 2.05) is 6.07 Å². The molecule has 1 aliphatic carbocycles. The van der Waals surface area contributed by atoms with E-state index in [1.165, 1.54) is 15.9 Å². The zero-order chi connectivity index (χ0) is 20.6. The third-order valence-electron chi connectivity index (χ3n) is 5.79. The summed E-state index contributed by atoms with van der Waals surface area (Å²) in [7, 11) is -7.43. The van der Waals surface area contributed by atoms with E-state index in [2.05, 4.69) is 4.72 Å². The van der Waals surface area contributed by atoms with Gasteiger partial charge in [0.1, 0.15) is 0 Å². The maximum absolute atomic E-state index is 13.0. The Morgan fingerprint density at radius 1 is 0.793 bits per heavy atom. The van der Waals surface area contributed by atoms with Gasteiger partial charge in [0, 0.05) is 13.1 Å². The first kappa shape index (κ1) is 20.4. The Balaban J connectivity index is 1.64. The van der Waals surface area contributed by atoms with Crippen LogP contribution in [-0.4, -0.2) is 34.2 Å². The Kier molecular flexibility index (Phi) is 5.44. The van der Waals surface area contributed by atoms with E-state index in [9.17, 15) is 16.8 Å². The average molecular weight is 435 g/mol. The number of nitrogens with zero attached hydrogens (tertiary/aromatic N) is 1. The van der Waals surface area contributed by atoms with Gasteiger partial charge in [-0.05, 0) is 80.0 Å². The number of anilines is 1. The van der Waals surface area contributed by atoms with Crippen LogP contribution in [-0.2, 0) is 32.9 Å². The molecule has 0 bridgehead atoms. The lowest BCUT2D eigenvalue weighted by Gasteiger charge is -2.26. The fourth-order valence-corrected chi connectivity index (χ4v) is 6.76. The minimum atomic E-state index is -3.80. The van der Waals surface area contributed by atoms with E-state index < -0.39 is 20.0 Å². The van der Waals surface area contributed by atoms with Gasteiger partial charge in [0.2, 0.25) is 10.0 Å². The maximum Gasteiger partial charge on any atom is 0.261 e. The van der Waals surface area contributed by atoms with E-state index in [0.29, 0.717) is 24.3 Å². The van der Waals surface area contributed by atoms with Crippen molar-refractivity contribution >= 4 is 25.7 Å². The van der Waals surface area contributed by atoms with Crippen molar-refractivity contribution in [1.29, 1.82) is 0 Å². The summed E-state index contributed by atoms with van der Waals surface area (Å²) in [6.45, 7) is 2.77. The van der Waals surface area contributed by atoms with Gasteiger partial charge in [0.25, 0.3) is 10.0 Å². The number of nitrogens with one attached hydrogen (secondary N) is 1. The number of sulfonamides is 2. The summed E-state index contributed by atoms with van der Waals surface area (Å²) in [5.41, 5.74) is 3.25. The molecule has 1 saturated heterocycles. The molecule has 2 aromatic rings. The summed E-state index contributed by atoms with van der Waals surface area (Å²) >= 11 is 0. The van der Waals surface area contributed by atoms with Gasteiger partial charge < -0.3 is 0 Å². The van der Waals surface area contributed by atoms with Crippen molar-refractivity contribution < 1.29 is 16.8 Å². The molecule has 29 heavy (non-hydrogen) atoms. The first-order valence-electron chi connectivity index (χ1n) is 10.0. The highest BCUT2D eigenvalue weighted by Crippen LogP contribution is 2.29. The lowest BCUT2D eigenvalue weighted by atomic mass is 10.1. The predicted molar refractivity (Wildman–Crippen MR) is 113 cm³/mol. The first-order chi connectivity index (χ1) is 13.8. The zero-order valence-electron chi connectivity index (χ0n) is 16.5. The highest BCUT2D eigenvalue weighted by atomic mass is 32.2. The molecule has 156 valence electrons. The molecule has 2 aliphatic rings. The third-order valence-corrected chi connectivity index (χ3v) is 9.04. The van der Waals surface area contributed by atoms with Gasteiger partial charge in [-0.3, -0.25) is 4.72 Å². The first-order valence-corrected chi connectivity index (χ1v) is 13.0. The molecule has 0 unspecified atom stereocenters. The highest BCUT2D eigenvalue weighted by Gasteiger charge is 2.27. The number of rotatable bonds is 5. The fourth-order valence-electron chi connectivity index (χ4n) is 4.04. The molecule has 1 fully saturated rings. The molecule has 0 atom stereocenters. The van der Waals surface area contributed by atoms with Crippen LogP contribution in [0.3, 0.4) is 0 Å². The van der Waals surface area contributed by atoms with Crippen LogP contribution < -0.4 is 4.72 Å². The van der Waals surface area contributed by atoms with E-state index in [4.69, 9.17) is 0 Å². The maximum atomic E-state index is 13.0. The molecule has 0 aromatic heterocycles. The van der Waals surface area contributed by atoms with E-state index >= 15 is 0 Å². The summed E-state index contributed by atoms with van der Waals surface area (Å²) in [5, 5.41) is 0. The molecular weight excluding hydrogens is 408 g/mol. The second-order valence-corrected chi connectivity index (χ2v) is 11.5. The normalized spacial score (nSPS) is 17.8. The lowest BCUT2D eigenvalue weighted by Crippen LogP contribution is -2.35. The zero-order valence-corrected chi connectivity index (χ0v) is 18.2. The van der Waals surface area contributed by atoms with Crippen LogP contribution in [0.25, 0.3) is 0 Å². The molecule has 0 amide bonds. The van der Waals surface area contributed by atoms with Crippen molar-refractivity contribution in [2.75, 3.05) is 17.8 Å². The van der Waals surface area contributed by atoms with Crippen LogP contribution in [0.1, 0.15) is 42.4 Å². The summed E-state index contributed by atoms with van der Waals surface area (Å²) < 4.78 is 55.9. The van der Waals surface area contributed by atoms with Crippen LogP contribution in [0.4, 0.5) is 5.69 Å². The Hall–Kier alpha value is -1.90. The van der Waals surface area contributed by atoms with E-state index in [0.717, 1.165) is 44.1 Å². The third kappa shape index (κ3) is 4.06. The molecule has 6 nitrogen and oxygen atoms in total. The van der Waals surface area contributed by atoms with Gasteiger partial charge in [0.15, 0.2) is 0 Å². The van der Waals surface area contributed by atoms with Crippen molar-refractivity contribution in [3.63, 3.8) is 0 Å². The van der Waals surface area contributed by atoms with Crippen LogP contribution in [0, 0.1) is 6.92 Å². The summed E-state index contributed by atoms with van der Waals surface area (Å²) in [4.78, 5) is 0.332. The van der Waals surface area contributed by atoms with Crippen molar-refractivity contribution in [1.82, 2.24) is 4.31 Å². The number of hydrogen-bond donors (Lipinski definition) is 1. The van der Waals surface area contributed by atoms with Crippen LogP contribution in [0.15, 0.2) is 46.2 Å². The molecule has 2 aromatic carbocycles. The molecule has 1 N–H and O–H groups in total. The summed E-state index contributed by atoms with van der Waals surface area (Å²) in [6.07, 6.45) is 5.65. The number of fused-ring (bicyclic) bond motifs is 1. The topological polar surface area (TPSA) is 83.6 Å². The Bertz CT molecular complexity index is 1140. The van der Waals surface area contributed by atoms with Crippen molar-refractivity contribution in [3.8, 4) is 0 Å². The molecule has 1 aliphatic heterocycles. The van der Waals surface area contributed by atoms with E-state index in [-0.39, 0.29) is 9.79 Å². The number of piperidine rings is 1. The Morgan fingerprint density at radius 3 is 2.24 bits per heavy atom. The summed E-state index contributed by atoms with van der Waals surface area (Å²) in [5.74, 6) is 0. The number of hydrogen-bond acceptors (Lipinski definition) is 4. The van der Waals surface area contributed by atoms with Gasteiger partial charge in [-0.15, -0.1) is 0 Å². The molecule has 0 spiro atoms. The quantitative estimate of drug-likeness (QED) is 0.781. The second kappa shape index (κ2) is 7.74. The molecule has 1 heterocycles. The molecular formula is C21H26N2O4S2. The Labute approximate surface area is 173 Å². The average Bonchev–Trinajstić information content (AvgIpc) is 3.18. The van der Waals surface area contributed by atoms with Gasteiger partial charge in [-0.1, -0.05) is 18.6 Å². The van der Waals surface area contributed by atoms with Crippen LogP contribution in [0.2, 0.25) is 0 Å². The molecule has 0 radical (unpaired) electrons. The van der Waals surface area contributed by atoms with Gasteiger partial charge in [0.05, 0.1) is 15.5 Å². The number of benzene rings is 2. The van der Waals surface area contributed by atoms with Gasteiger partial charge in [-0.2, -0.15) is 4.31 Å². The Morgan fingerprint density at radius 2 is 1.48 bits per heavy atom. The lowest BCUT2D eigenvalue weighted by molar-refractivity contribution is 0.346. The van der Waals surface area contributed by atoms with Crippen molar-refractivity contribution in [3.05, 3.63) is 53.1 Å². The number of aryl methyl sites for hydroxylation is 3. The smallest absolute Gasteiger partial charge is 0.261 e. The molecule has 8 heteroatoms. The minimum absolute atomic E-state index is 0.122. The second-order valence-electron chi connectivity index (χ2n) is 7.83. The predicted octanol–water partition coefficient (Wildman–Crippen LogP) is 3.46. The van der Waals surface area contributed by atoms with Crippen LogP contribution >= 0.6 is 0 Å². The standard InChI is InChI=1S/C21H26N2O4S2/c1-16-8-10-20(29(26,27)23-12-3-2-4-13-23)15-21(16)22-28(24,25)19-11-9-17-6-5-7-18(17)14-19/h8-11,14-15,22H,2-7,12-13H2,1H3. The van der Waals surface area contributed by atoms with Crippen molar-refractivity contribution in [2.24, 2.45) is 0 Å². The van der Waals surface area contributed by atoms with Crippen molar-refractivity contribution in [2.45, 2.75) is 55.2 Å². The van der Waals surface area contributed by atoms with Crippen LogP contribution in [0.5, 0.6) is 0 Å². The molecule has 4 rings (SSSR count). The SMILES string of the molecule is Cc1ccc(S(=O)(=O)N2CCCCC2)cc1NS(=O)(=O)c1ccc2c(c1)CCC2. The largest absolute Gasteiger partial charge is 0.279 e. The highest BCUT2D eigenvalue weighted by molar-refractivity contribution is 7.92. The van der Waals surface area contributed by atoms with Gasteiger partial charge >= 0.3 is 0 Å². The monoisotopic (exact) mass is 434 g/mol. The minimum Gasteiger partial charge on any atom is -0.279 e. The van der Waals surface area contributed by atoms with E-state index in [1.54, 1.807) is 31.2 Å². The van der Waals surface area contributed by atoms with Gasteiger partial charge in [-0.25, -0.2) is 16.8 Å². The summed E-state index contributed by atoms with van der Waals surface area (Å²) in [6, 6.07) is 9.86.